The zero-order valence-electron chi connectivity index (χ0n) is 13.5. The summed E-state index contributed by atoms with van der Waals surface area (Å²) in [5, 5.41) is 6.83. The predicted molar refractivity (Wildman–Crippen MR) is 90.3 cm³/mol. The zero-order chi connectivity index (χ0) is 15.3. The highest BCUT2D eigenvalue weighted by atomic mass is 32.1. The van der Waals surface area contributed by atoms with Crippen LogP contribution in [-0.2, 0) is 11.2 Å². The number of hydrogen-bond donors (Lipinski definition) is 2. The van der Waals surface area contributed by atoms with Gasteiger partial charge < -0.3 is 15.4 Å². The Bertz CT molecular complexity index is 480. The van der Waals surface area contributed by atoms with Crippen LogP contribution in [0.1, 0.15) is 30.5 Å². The molecule has 0 spiro atoms. The molecule has 21 heavy (non-hydrogen) atoms. The van der Waals surface area contributed by atoms with E-state index in [0.29, 0.717) is 6.04 Å². The number of rotatable bonds is 6. The number of aryl methyl sites for hydroxylation is 1. The van der Waals surface area contributed by atoms with Crippen LogP contribution in [0.5, 0.6) is 0 Å². The first-order valence-electron chi connectivity index (χ1n) is 7.69. The molecule has 0 radical (unpaired) electrons. The minimum Gasteiger partial charge on any atom is -0.380 e. The standard InChI is InChI=1S/C16H27N3OS/c1-5-17-15(18-9-16(4)10-20-11-16)19-12(2)8-14-7-6-13(3)21-14/h6-7,12H,5,8-11H2,1-4H3,(H2,17,18,19). The minimum absolute atomic E-state index is 0.219. The fourth-order valence-corrected chi connectivity index (χ4v) is 3.33. The van der Waals surface area contributed by atoms with Crippen molar-refractivity contribution in [3.63, 3.8) is 0 Å². The van der Waals surface area contributed by atoms with E-state index in [1.807, 2.05) is 11.3 Å². The normalized spacial score (nSPS) is 19.0. The van der Waals surface area contributed by atoms with Crippen LogP contribution in [0.2, 0.25) is 0 Å². The maximum atomic E-state index is 5.28. The zero-order valence-corrected chi connectivity index (χ0v) is 14.3. The van der Waals surface area contributed by atoms with Gasteiger partial charge in [0.15, 0.2) is 5.96 Å². The van der Waals surface area contributed by atoms with Gasteiger partial charge in [0.1, 0.15) is 0 Å². The van der Waals surface area contributed by atoms with E-state index in [1.54, 1.807) is 0 Å². The molecule has 1 saturated heterocycles. The summed E-state index contributed by atoms with van der Waals surface area (Å²) in [6.45, 7) is 12.0. The lowest BCUT2D eigenvalue weighted by Gasteiger charge is -2.36. The number of nitrogens with one attached hydrogen (secondary N) is 2. The van der Waals surface area contributed by atoms with E-state index >= 15 is 0 Å². The lowest BCUT2D eigenvalue weighted by Crippen LogP contribution is -2.46. The summed E-state index contributed by atoms with van der Waals surface area (Å²) in [7, 11) is 0. The molecular formula is C16H27N3OS. The summed E-state index contributed by atoms with van der Waals surface area (Å²) in [6, 6.07) is 4.77. The van der Waals surface area contributed by atoms with Crippen molar-refractivity contribution in [1.82, 2.24) is 10.6 Å². The van der Waals surface area contributed by atoms with Gasteiger partial charge in [0, 0.05) is 34.2 Å². The van der Waals surface area contributed by atoms with Crippen molar-refractivity contribution in [2.24, 2.45) is 10.4 Å². The highest BCUT2D eigenvalue weighted by molar-refractivity contribution is 7.11. The Hall–Kier alpha value is -1.07. The third-order valence-electron chi connectivity index (χ3n) is 3.55. The van der Waals surface area contributed by atoms with E-state index in [4.69, 9.17) is 9.73 Å². The number of aliphatic imine (C=N–C) groups is 1. The van der Waals surface area contributed by atoms with Crippen molar-refractivity contribution in [3.8, 4) is 0 Å². The number of hydrogen-bond acceptors (Lipinski definition) is 3. The summed E-state index contributed by atoms with van der Waals surface area (Å²) in [5.41, 5.74) is 0.219. The number of thiophene rings is 1. The molecule has 2 heterocycles. The first kappa shape index (κ1) is 16.3. The number of guanidine groups is 1. The van der Waals surface area contributed by atoms with Crippen LogP contribution < -0.4 is 10.6 Å². The van der Waals surface area contributed by atoms with Gasteiger partial charge in [-0.3, -0.25) is 4.99 Å². The SMILES string of the molecule is CCNC(=NCC1(C)COC1)NC(C)Cc1ccc(C)s1. The molecule has 0 aliphatic carbocycles. The third kappa shape index (κ3) is 5.00. The molecule has 1 unspecified atom stereocenters. The molecule has 1 aromatic rings. The summed E-state index contributed by atoms with van der Waals surface area (Å²) in [5.74, 6) is 0.909. The van der Waals surface area contributed by atoms with Crippen LogP contribution in [0, 0.1) is 12.3 Å². The molecule has 0 saturated carbocycles. The molecule has 2 N–H and O–H groups in total. The summed E-state index contributed by atoms with van der Waals surface area (Å²) in [6.07, 6.45) is 1.03. The van der Waals surface area contributed by atoms with Gasteiger partial charge in [-0.05, 0) is 32.9 Å². The van der Waals surface area contributed by atoms with Crippen molar-refractivity contribution in [3.05, 3.63) is 21.9 Å². The highest BCUT2D eigenvalue weighted by Crippen LogP contribution is 2.26. The molecule has 0 amide bonds. The molecular weight excluding hydrogens is 282 g/mol. The van der Waals surface area contributed by atoms with E-state index < -0.39 is 0 Å². The van der Waals surface area contributed by atoms with Gasteiger partial charge in [0.05, 0.1) is 19.8 Å². The third-order valence-corrected chi connectivity index (χ3v) is 4.57. The average molecular weight is 309 g/mol. The van der Waals surface area contributed by atoms with Crippen molar-refractivity contribution in [2.45, 2.75) is 40.2 Å². The monoisotopic (exact) mass is 309 g/mol. The van der Waals surface area contributed by atoms with Crippen LogP contribution in [0.25, 0.3) is 0 Å². The number of nitrogens with zero attached hydrogens (tertiary/aromatic N) is 1. The molecule has 4 nitrogen and oxygen atoms in total. The van der Waals surface area contributed by atoms with Gasteiger partial charge in [-0.2, -0.15) is 0 Å². The topological polar surface area (TPSA) is 45.7 Å². The van der Waals surface area contributed by atoms with Gasteiger partial charge in [0.25, 0.3) is 0 Å². The quantitative estimate of drug-likeness (QED) is 0.627. The summed E-state index contributed by atoms with van der Waals surface area (Å²) >= 11 is 1.87. The van der Waals surface area contributed by atoms with Gasteiger partial charge in [0.2, 0.25) is 0 Å². The van der Waals surface area contributed by atoms with E-state index in [2.05, 4.69) is 50.5 Å². The average Bonchev–Trinajstić information content (AvgIpc) is 2.79. The highest BCUT2D eigenvalue weighted by Gasteiger charge is 2.33. The van der Waals surface area contributed by atoms with E-state index in [9.17, 15) is 0 Å². The Morgan fingerprint density at radius 3 is 2.76 bits per heavy atom. The van der Waals surface area contributed by atoms with Crippen LogP contribution in [0.3, 0.4) is 0 Å². The molecule has 0 aromatic carbocycles. The first-order chi connectivity index (χ1) is 10.0. The molecule has 2 rings (SSSR count). The fraction of sp³-hybridized carbons (Fsp3) is 0.688. The predicted octanol–water partition coefficient (Wildman–Crippen LogP) is 2.58. The van der Waals surface area contributed by atoms with Gasteiger partial charge in [-0.25, -0.2) is 0 Å². The van der Waals surface area contributed by atoms with E-state index in [0.717, 1.165) is 38.7 Å². The molecule has 1 fully saturated rings. The largest absolute Gasteiger partial charge is 0.380 e. The Labute approximate surface area is 132 Å². The Morgan fingerprint density at radius 1 is 1.48 bits per heavy atom. The molecule has 5 heteroatoms. The first-order valence-corrected chi connectivity index (χ1v) is 8.50. The summed E-state index contributed by atoms with van der Waals surface area (Å²) < 4.78 is 5.28. The maximum absolute atomic E-state index is 5.28. The molecule has 1 atom stereocenters. The summed E-state index contributed by atoms with van der Waals surface area (Å²) in [4.78, 5) is 7.50. The van der Waals surface area contributed by atoms with Crippen LogP contribution in [0.15, 0.2) is 17.1 Å². The van der Waals surface area contributed by atoms with Gasteiger partial charge >= 0.3 is 0 Å². The van der Waals surface area contributed by atoms with E-state index in [1.165, 1.54) is 9.75 Å². The number of ether oxygens (including phenoxy) is 1. The second kappa shape index (κ2) is 7.27. The van der Waals surface area contributed by atoms with Crippen molar-refractivity contribution in [2.75, 3.05) is 26.3 Å². The van der Waals surface area contributed by atoms with Crippen molar-refractivity contribution in [1.29, 1.82) is 0 Å². The van der Waals surface area contributed by atoms with E-state index in [-0.39, 0.29) is 5.41 Å². The fourth-order valence-electron chi connectivity index (χ4n) is 2.31. The molecule has 0 bridgehead atoms. The maximum Gasteiger partial charge on any atom is 0.191 e. The Morgan fingerprint density at radius 2 is 2.24 bits per heavy atom. The lowest BCUT2D eigenvalue weighted by atomic mass is 9.89. The van der Waals surface area contributed by atoms with Crippen molar-refractivity contribution >= 4 is 17.3 Å². The second-order valence-corrected chi connectivity index (χ2v) is 7.63. The van der Waals surface area contributed by atoms with Crippen LogP contribution in [-0.4, -0.2) is 38.3 Å². The van der Waals surface area contributed by atoms with Gasteiger partial charge in [-0.1, -0.05) is 6.92 Å². The second-order valence-electron chi connectivity index (χ2n) is 6.26. The van der Waals surface area contributed by atoms with Crippen molar-refractivity contribution < 1.29 is 4.74 Å². The smallest absolute Gasteiger partial charge is 0.191 e. The minimum atomic E-state index is 0.219. The lowest BCUT2D eigenvalue weighted by molar-refractivity contribution is -0.0945. The molecule has 1 aliphatic heterocycles. The van der Waals surface area contributed by atoms with Crippen LogP contribution in [0.4, 0.5) is 0 Å². The Kier molecular flexibility index (Phi) is 5.65. The van der Waals surface area contributed by atoms with Crippen LogP contribution >= 0.6 is 11.3 Å². The molecule has 1 aromatic heterocycles. The Balaban J connectivity index is 1.87. The van der Waals surface area contributed by atoms with Gasteiger partial charge in [-0.15, -0.1) is 11.3 Å². The molecule has 1 aliphatic rings. The molecule has 118 valence electrons.